The Morgan fingerprint density at radius 3 is 2.26 bits per heavy atom. The molecule has 0 aliphatic heterocycles. The van der Waals surface area contributed by atoms with Crippen LogP contribution in [0.5, 0.6) is 0 Å². The van der Waals surface area contributed by atoms with E-state index in [1.807, 2.05) is 84.9 Å². The van der Waals surface area contributed by atoms with Crippen molar-refractivity contribution in [1.82, 2.24) is 9.97 Å². The molecule has 0 saturated carbocycles. The maximum atomic E-state index is 11.5. The Morgan fingerprint density at radius 1 is 0.914 bits per heavy atom. The topological polar surface area (TPSA) is 100 Å². The molecule has 7 heteroatoms. The highest BCUT2D eigenvalue weighted by molar-refractivity contribution is 6.06. The SMILES string of the molecule is CC(=O)Nc1ccc(-c2c(-c3ccccc3)oc3ncnc(N[C@H](CO)c4ccccc4)c23)cc1. The number of hydrogen-bond acceptors (Lipinski definition) is 6. The second kappa shape index (κ2) is 9.79. The van der Waals surface area contributed by atoms with Crippen molar-refractivity contribution in [2.45, 2.75) is 13.0 Å². The lowest BCUT2D eigenvalue weighted by atomic mass is 9.98. The van der Waals surface area contributed by atoms with Crippen LogP contribution >= 0.6 is 0 Å². The number of fused-ring (bicyclic) bond motifs is 1. The second-order valence-corrected chi connectivity index (χ2v) is 8.12. The molecule has 0 spiro atoms. The zero-order chi connectivity index (χ0) is 24.2. The summed E-state index contributed by atoms with van der Waals surface area (Å²) in [7, 11) is 0. The molecule has 0 unspecified atom stereocenters. The zero-order valence-electron chi connectivity index (χ0n) is 19.1. The van der Waals surface area contributed by atoms with Gasteiger partial charge in [-0.15, -0.1) is 0 Å². The molecule has 1 atom stereocenters. The maximum Gasteiger partial charge on any atom is 0.232 e. The number of aliphatic hydroxyl groups excluding tert-OH is 1. The van der Waals surface area contributed by atoms with Crippen molar-refractivity contribution in [1.29, 1.82) is 0 Å². The molecule has 0 fully saturated rings. The van der Waals surface area contributed by atoms with Crippen LogP contribution in [0.25, 0.3) is 33.6 Å². The summed E-state index contributed by atoms with van der Waals surface area (Å²) >= 11 is 0. The molecular weight excluding hydrogens is 440 g/mol. The van der Waals surface area contributed by atoms with Gasteiger partial charge in [0.15, 0.2) is 0 Å². The minimum atomic E-state index is -0.362. The molecule has 3 aromatic carbocycles. The van der Waals surface area contributed by atoms with Crippen molar-refractivity contribution in [3.8, 4) is 22.5 Å². The first-order chi connectivity index (χ1) is 17.1. The monoisotopic (exact) mass is 464 g/mol. The average molecular weight is 465 g/mol. The van der Waals surface area contributed by atoms with Crippen LogP contribution in [0.3, 0.4) is 0 Å². The van der Waals surface area contributed by atoms with Crippen LogP contribution in [0, 0.1) is 0 Å². The number of furan rings is 1. The largest absolute Gasteiger partial charge is 0.437 e. The van der Waals surface area contributed by atoms with Gasteiger partial charge in [0.1, 0.15) is 17.9 Å². The zero-order valence-corrected chi connectivity index (χ0v) is 19.1. The molecule has 3 N–H and O–H groups in total. The lowest BCUT2D eigenvalue weighted by Crippen LogP contribution is -2.15. The van der Waals surface area contributed by atoms with Crippen LogP contribution in [0.15, 0.2) is 95.7 Å². The molecule has 0 saturated heterocycles. The predicted octanol–water partition coefficient (Wildman–Crippen LogP) is 5.66. The van der Waals surface area contributed by atoms with E-state index in [4.69, 9.17) is 4.42 Å². The van der Waals surface area contributed by atoms with Gasteiger partial charge in [-0.2, -0.15) is 0 Å². The van der Waals surface area contributed by atoms with Gasteiger partial charge in [-0.1, -0.05) is 72.8 Å². The molecule has 2 heterocycles. The summed E-state index contributed by atoms with van der Waals surface area (Å²) in [5, 5.41) is 17.0. The third-order valence-electron chi connectivity index (χ3n) is 5.71. The lowest BCUT2D eigenvalue weighted by molar-refractivity contribution is -0.114. The van der Waals surface area contributed by atoms with Crippen molar-refractivity contribution in [2.75, 3.05) is 17.2 Å². The van der Waals surface area contributed by atoms with Gasteiger partial charge in [-0.25, -0.2) is 9.97 Å². The number of anilines is 2. The fourth-order valence-electron chi connectivity index (χ4n) is 4.12. The smallest absolute Gasteiger partial charge is 0.232 e. The molecule has 0 radical (unpaired) electrons. The lowest BCUT2D eigenvalue weighted by Gasteiger charge is -2.18. The van der Waals surface area contributed by atoms with Crippen LogP contribution in [-0.4, -0.2) is 27.6 Å². The Kier molecular flexibility index (Phi) is 6.24. The average Bonchev–Trinajstić information content (AvgIpc) is 3.29. The fraction of sp³-hybridized carbons (Fsp3) is 0.107. The number of amides is 1. The third kappa shape index (κ3) is 4.62. The molecule has 2 aromatic heterocycles. The first kappa shape index (κ1) is 22.3. The van der Waals surface area contributed by atoms with E-state index in [0.29, 0.717) is 28.4 Å². The number of nitrogens with one attached hydrogen (secondary N) is 2. The minimum Gasteiger partial charge on any atom is -0.437 e. The number of carbonyl (C=O) groups excluding carboxylic acids is 1. The summed E-state index contributed by atoms with van der Waals surface area (Å²) in [6, 6.07) is 26.7. The Labute approximate surface area is 202 Å². The van der Waals surface area contributed by atoms with Crippen molar-refractivity contribution in [3.05, 3.63) is 96.8 Å². The highest BCUT2D eigenvalue weighted by Gasteiger charge is 2.23. The molecule has 174 valence electrons. The standard InChI is InChI=1S/C28H24N4O3/c1-18(34)31-22-14-12-20(13-15-22)24-25-27(32-23(16-33)19-8-4-2-5-9-19)29-17-30-28(25)35-26(24)21-10-6-3-7-11-21/h2-15,17,23,33H,16H2,1H3,(H,31,34)(H,29,30,32)/t23-/m1/s1. The Hall–Kier alpha value is -4.49. The van der Waals surface area contributed by atoms with E-state index in [1.54, 1.807) is 0 Å². The normalized spacial score (nSPS) is 11.8. The summed E-state index contributed by atoms with van der Waals surface area (Å²) in [5.41, 5.74) is 4.69. The van der Waals surface area contributed by atoms with Crippen molar-refractivity contribution in [3.63, 3.8) is 0 Å². The number of hydrogen-bond donors (Lipinski definition) is 3. The quantitative estimate of drug-likeness (QED) is 0.287. The van der Waals surface area contributed by atoms with E-state index in [9.17, 15) is 9.90 Å². The summed E-state index contributed by atoms with van der Waals surface area (Å²) in [4.78, 5) is 20.4. The van der Waals surface area contributed by atoms with E-state index in [1.165, 1.54) is 13.3 Å². The number of aromatic nitrogens is 2. The first-order valence-electron chi connectivity index (χ1n) is 11.3. The number of benzene rings is 3. The number of nitrogens with zero attached hydrogens (tertiary/aromatic N) is 2. The summed E-state index contributed by atoms with van der Waals surface area (Å²) in [5.74, 6) is 1.09. The summed E-state index contributed by atoms with van der Waals surface area (Å²) < 4.78 is 6.27. The van der Waals surface area contributed by atoms with Gasteiger partial charge in [0.25, 0.3) is 0 Å². The minimum absolute atomic E-state index is 0.111. The van der Waals surface area contributed by atoms with Gasteiger partial charge in [-0.3, -0.25) is 4.79 Å². The number of rotatable bonds is 7. The Bertz CT molecular complexity index is 1450. The van der Waals surface area contributed by atoms with E-state index in [2.05, 4.69) is 20.6 Å². The second-order valence-electron chi connectivity index (χ2n) is 8.12. The van der Waals surface area contributed by atoms with E-state index in [0.717, 1.165) is 22.3 Å². The van der Waals surface area contributed by atoms with Crippen LogP contribution in [0.1, 0.15) is 18.5 Å². The van der Waals surface area contributed by atoms with Gasteiger partial charge in [-0.05, 0) is 23.3 Å². The molecule has 7 nitrogen and oxygen atoms in total. The molecule has 1 amide bonds. The first-order valence-corrected chi connectivity index (χ1v) is 11.3. The van der Waals surface area contributed by atoms with Crippen LogP contribution in [-0.2, 0) is 4.79 Å². The van der Waals surface area contributed by atoms with Crippen LogP contribution < -0.4 is 10.6 Å². The highest BCUT2D eigenvalue weighted by atomic mass is 16.3. The fourth-order valence-corrected chi connectivity index (χ4v) is 4.12. The predicted molar refractivity (Wildman–Crippen MR) is 137 cm³/mol. The van der Waals surface area contributed by atoms with Crippen LogP contribution in [0.4, 0.5) is 11.5 Å². The molecule has 5 aromatic rings. The number of carbonyl (C=O) groups is 1. The summed E-state index contributed by atoms with van der Waals surface area (Å²) in [6.45, 7) is 1.37. The van der Waals surface area contributed by atoms with Gasteiger partial charge >= 0.3 is 0 Å². The van der Waals surface area contributed by atoms with E-state index < -0.39 is 0 Å². The van der Waals surface area contributed by atoms with Gasteiger partial charge in [0, 0.05) is 23.7 Å². The molecule has 0 bridgehead atoms. The molecule has 0 aliphatic carbocycles. The Morgan fingerprint density at radius 2 is 1.60 bits per heavy atom. The highest BCUT2D eigenvalue weighted by Crippen LogP contribution is 2.43. The van der Waals surface area contributed by atoms with Gasteiger partial charge in [0.2, 0.25) is 11.6 Å². The summed E-state index contributed by atoms with van der Waals surface area (Å²) in [6.07, 6.45) is 1.45. The van der Waals surface area contributed by atoms with Gasteiger partial charge < -0.3 is 20.2 Å². The van der Waals surface area contributed by atoms with Crippen molar-refractivity contribution < 1.29 is 14.3 Å². The van der Waals surface area contributed by atoms with E-state index >= 15 is 0 Å². The molecular formula is C28H24N4O3. The molecule has 5 rings (SSSR count). The van der Waals surface area contributed by atoms with E-state index in [-0.39, 0.29) is 18.6 Å². The van der Waals surface area contributed by atoms with Gasteiger partial charge in [0.05, 0.1) is 18.0 Å². The molecule has 0 aliphatic rings. The van der Waals surface area contributed by atoms with Crippen molar-refractivity contribution in [2.24, 2.45) is 0 Å². The van der Waals surface area contributed by atoms with Crippen LogP contribution in [0.2, 0.25) is 0 Å². The molecule has 35 heavy (non-hydrogen) atoms. The van der Waals surface area contributed by atoms with Crippen molar-refractivity contribution >= 4 is 28.5 Å². The Balaban J connectivity index is 1.68. The number of aliphatic hydroxyl groups is 1. The maximum absolute atomic E-state index is 11.5. The third-order valence-corrected chi connectivity index (χ3v) is 5.71.